The van der Waals surface area contributed by atoms with Crippen molar-refractivity contribution in [3.8, 4) is 17.2 Å². The molecule has 24 heavy (non-hydrogen) atoms. The number of benzene rings is 3. The Kier molecular flexibility index (Phi) is 7.51. The van der Waals surface area contributed by atoms with Gasteiger partial charge in [0.15, 0.2) is 0 Å². The number of aryl methyl sites for hydroxylation is 1. The van der Waals surface area contributed by atoms with Gasteiger partial charge in [0.2, 0.25) is 0 Å². The average molecular weight is 326 g/mol. The van der Waals surface area contributed by atoms with E-state index in [9.17, 15) is 0 Å². The molecule has 0 atom stereocenters. The number of phenols is 3. The summed E-state index contributed by atoms with van der Waals surface area (Å²) in [6, 6.07) is 20.2. The van der Waals surface area contributed by atoms with Gasteiger partial charge in [-0.25, -0.2) is 0 Å². The van der Waals surface area contributed by atoms with Crippen molar-refractivity contribution >= 4 is 11.4 Å². The van der Waals surface area contributed by atoms with Crippen LogP contribution < -0.4 is 11.5 Å². The smallest absolute Gasteiger partial charge is 0.119 e. The van der Waals surface area contributed by atoms with E-state index in [1.807, 2.05) is 31.2 Å². The van der Waals surface area contributed by atoms with Crippen molar-refractivity contribution < 1.29 is 15.3 Å². The second kappa shape index (κ2) is 9.63. The molecule has 0 heterocycles. The molecule has 3 aromatic rings. The van der Waals surface area contributed by atoms with Crippen LogP contribution in [-0.4, -0.2) is 15.3 Å². The zero-order valence-electron chi connectivity index (χ0n) is 13.4. The Morgan fingerprint density at radius 1 is 0.625 bits per heavy atom. The number of hydrogen-bond acceptors (Lipinski definition) is 5. The maximum absolute atomic E-state index is 8.73. The summed E-state index contributed by atoms with van der Waals surface area (Å²) in [5, 5.41) is 26.0. The molecule has 0 radical (unpaired) electrons. The molecule has 0 saturated carbocycles. The molecule has 0 aromatic heterocycles. The van der Waals surface area contributed by atoms with Gasteiger partial charge < -0.3 is 26.8 Å². The summed E-state index contributed by atoms with van der Waals surface area (Å²) in [5.41, 5.74) is 13.4. The summed E-state index contributed by atoms with van der Waals surface area (Å²) in [6.45, 7) is 2.00. The fourth-order valence-corrected chi connectivity index (χ4v) is 1.60. The normalized spacial score (nSPS) is 9.04. The Bertz CT molecular complexity index is 662. The van der Waals surface area contributed by atoms with E-state index in [-0.39, 0.29) is 17.2 Å². The van der Waals surface area contributed by atoms with Crippen LogP contribution in [0.2, 0.25) is 0 Å². The average Bonchev–Trinajstić information content (AvgIpc) is 2.51. The van der Waals surface area contributed by atoms with Gasteiger partial charge in [-0.3, -0.25) is 0 Å². The lowest BCUT2D eigenvalue weighted by molar-refractivity contribution is 0.450. The summed E-state index contributed by atoms with van der Waals surface area (Å²) >= 11 is 0. The topological polar surface area (TPSA) is 113 Å². The molecule has 5 nitrogen and oxygen atoms in total. The molecule has 5 heteroatoms. The third kappa shape index (κ3) is 7.61. The zero-order chi connectivity index (χ0) is 17.9. The maximum Gasteiger partial charge on any atom is 0.119 e. The number of nitrogens with two attached hydrogens (primary N) is 2. The minimum absolute atomic E-state index is 0.0880. The summed E-state index contributed by atoms with van der Waals surface area (Å²) in [4.78, 5) is 0. The third-order valence-corrected chi connectivity index (χ3v) is 2.89. The van der Waals surface area contributed by atoms with Crippen LogP contribution in [0.3, 0.4) is 0 Å². The quantitative estimate of drug-likeness (QED) is 0.405. The summed E-state index contributed by atoms with van der Waals surface area (Å²) in [5.74, 6) is 0.389. The first-order chi connectivity index (χ1) is 11.4. The zero-order valence-corrected chi connectivity index (χ0v) is 13.4. The highest BCUT2D eigenvalue weighted by atomic mass is 16.3. The number of hydrogen-bond donors (Lipinski definition) is 5. The highest BCUT2D eigenvalue weighted by Crippen LogP contribution is 2.14. The highest BCUT2D eigenvalue weighted by molar-refractivity contribution is 5.45. The van der Waals surface area contributed by atoms with Crippen molar-refractivity contribution in [2.24, 2.45) is 0 Å². The van der Waals surface area contributed by atoms with Crippen molar-refractivity contribution in [3.05, 3.63) is 78.4 Å². The van der Waals surface area contributed by atoms with Crippen molar-refractivity contribution in [2.75, 3.05) is 11.5 Å². The van der Waals surface area contributed by atoms with E-state index < -0.39 is 0 Å². The van der Waals surface area contributed by atoms with Crippen molar-refractivity contribution in [2.45, 2.75) is 6.92 Å². The molecule has 0 fully saturated rings. The molecule has 3 aromatic carbocycles. The number of rotatable bonds is 0. The van der Waals surface area contributed by atoms with E-state index in [0.717, 1.165) is 11.3 Å². The standard InChI is InChI=1S/C7H9N.C6H7NO.C6H6O2/c1-6-4-2-3-5-7(6)8;2*7-5-2-1-3-6(8)4-5/h2-5H,8H2,1H3;1-4,8H,7H2;1-4,7-8H. The van der Waals surface area contributed by atoms with Gasteiger partial charge in [0, 0.05) is 23.5 Å². The minimum Gasteiger partial charge on any atom is -0.508 e. The van der Waals surface area contributed by atoms with Gasteiger partial charge in [0.1, 0.15) is 17.2 Å². The Morgan fingerprint density at radius 2 is 1.12 bits per heavy atom. The number of aromatic hydroxyl groups is 3. The van der Waals surface area contributed by atoms with Crippen LogP contribution in [0.1, 0.15) is 5.56 Å². The van der Waals surface area contributed by atoms with Gasteiger partial charge in [-0.1, -0.05) is 30.3 Å². The van der Waals surface area contributed by atoms with Crippen LogP contribution >= 0.6 is 0 Å². The Labute approximate surface area is 141 Å². The fraction of sp³-hybridized carbons (Fsp3) is 0.0526. The monoisotopic (exact) mass is 326 g/mol. The lowest BCUT2D eigenvalue weighted by Gasteiger charge is -1.93. The van der Waals surface area contributed by atoms with Crippen molar-refractivity contribution in [1.29, 1.82) is 0 Å². The number of para-hydroxylation sites is 1. The van der Waals surface area contributed by atoms with Crippen LogP contribution in [0, 0.1) is 6.92 Å². The highest BCUT2D eigenvalue weighted by Gasteiger charge is 1.86. The van der Waals surface area contributed by atoms with E-state index in [4.69, 9.17) is 26.8 Å². The summed E-state index contributed by atoms with van der Waals surface area (Å²) in [7, 11) is 0. The molecule has 0 bridgehead atoms. The first-order valence-electron chi connectivity index (χ1n) is 7.22. The molecule has 0 aliphatic rings. The molecule has 0 aliphatic carbocycles. The first-order valence-corrected chi connectivity index (χ1v) is 7.22. The van der Waals surface area contributed by atoms with Gasteiger partial charge in [-0.2, -0.15) is 0 Å². The third-order valence-electron chi connectivity index (χ3n) is 2.89. The van der Waals surface area contributed by atoms with Gasteiger partial charge in [0.05, 0.1) is 0 Å². The van der Waals surface area contributed by atoms with E-state index in [2.05, 4.69) is 0 Å². The number of nitrogen functional groups attached to an aromatic ring is 2. The van der Waals surface area contributed by atoms with Gasteiger partial charge in [-0.05, 0) is 42.8 Å². The lowest BCUT2D eigenvalue weighted by atomic mass is 10.2. The van der Waals surface area contributed by atoms with Gasteiger partial charge in [0.25, 0.3) is 0 Å². The second-order valence-electron chi connectivity index (χ2n) is 4.97. The largest absolute Gasteiger partial charge is 0.508 e. The minimum atomic E-state index is 0.0880. The fourth-order valence-electron chi connectivity index (χ4n) is 1.60. The molecule has 0 spiro atoms. The van der Waals surface area contributed by atoms with Gasteiger partial charge >= 0.3 is 0 Å². The predicted molar refractivity (Wildman–Crippen MR) is 97.9 cm³/mol. The maximum atomic E-state index is 8.73. The van der Waals surface area contributed by atoms with Crippen LogP contribution in [0.5, 0.6) is 17.2 Å². The molecule has 7 N–H and O–H groups in total. The Hall–Kier alpha value is -3.34. The van der Waals surface area contributed by atoms with E-state index >= 15 is 0 Å². The van der Waals surface area contributed by atoms with Crippen LogP contribution in [0.15, 0.2) is 72.8 Å². The Balaban J connectivity index is 0.000000180. The van der Waals surface area contributed by atoms with Crippen molar-refractivity contribution in [3.63, 3.8) is 0 Å². The predicted octanol–water partition coefficient (Wildman–Crippen LogP) is 3.65. The van der Waals surface area contributed by atoms with Crippen LogP contribution in [0.25, 0.3) is 0 Å². The molecule has 0 amide bonds. The summed E-state index contributed by atoms with van der Waals surface area (Å²) < 4.78 is 0. The SMILES string of the molecule is Cc1ccccc1N.Nc1cccc(O)c1.Oc1cccc(O)c1. The molecule has 126 valence electrons. The number of phenolic OH excluding ortho intramolecular Hbond substituents is 3. The summed E-state index contributed by atoms with van der Waals surface area (Å²) in [6.07, 6.45) is 0. The van der Waals surface area contributed by atoms with E-state index in [1.54, 1.807) is 24.3 Å². The van der Waals surface area contributed by atoms with Gasteiger partial charge in [-0.15, -0.1) is 0 Å². The van der Waals surface area contributed by atoms with Crippen molar-refractivity contribution in [1.82, 2.24) is 0 Å². The molecule has 0 saturated heterocycles. The molecule has 3 rings (SSSR count). The number of anilines is 2. The molecule has 0 aliphatic heterocycles. The van der Waals surface area contributed by atoms with E-state index in [0.29, 0.717) is 5.69 Å². The van der Waals surface area contributed by atoms with Crippen LogP contribution in [0.4, 0.5) is 11.4 Å². The van der Waals surface area contributed by atoms with Crippen LogP contribution in [-0.2, 0) is 0 Å². The molecular formula is C19H22N2O3. The molecule has 0 unspecified atom stereocenters. The lowest BCUT2D eigenvalue weighted by Crippen LogP contribution is -1.85. The Morgan fingerprint density at radius 3 is 1.42 bits per heavy atom. The first kappa shape index (κ1) is 18.7. The van der Waals surface area contributed by atoms with E-state index in [1.165, 1.54) is 24.3 Å². The second-order valence-corrected chi connectivity index (χ2v) is 4.97. The molecular weight excluding hydrogens is 304 g/mol.